The van der Waals surface area contributed by atoms with Gasteiger partial charge < -0.3 is 4.90 Å². The molecule has 0 spiro atoms. The van der Waals surface area contributed by atoms with Gasteiger partial charge in [-0.1, -0.05) is 12.8 Å². The third-order valence-electron chi connectivity index (χ3n) is 4.54. The molecule has 0 N–H and O–H groups in total. The van der Waals surface area contributed by atoms with Crippen molar-refractivity contribution < 1.29 is 13.2 Å². The number of pyridine rings is 1. The smallest absolute Gasteiger partial charge is 0.254 e. The molecule has 22 heavy (non-hydrogen) atoms. The van der Waals surface area contributed by atoms with Crippen LogP contribution in [0.25, 0.3) is 0 Å². The van der Waals surface area contributed by atoms with E-state index in [4.69, 9.17) is 0 Å². The van der Waals surface area contributed by atoms with E-state index in [0.717, 1.165) is 25.7 Å². The van der Waals surface area contributed by atoms with Gasteiger partial charge in [0.2, 0.25) is 10.0 Å². The molecule has 6 nitrogen and oxygen atoms in total. The Balaban J connectivity index is 1.62. The molecule has 120 valence electrons. The molecule has 1 aromatic heterocycles. The van der Waals surface area contributed by atoms with Crippen LogP contribution < -0.4 is 0 Å². The van der Waals surface area contributed by atoms with Crippen LogP contribution in [-0.2, 0) is 10.0 Å². The van der Waals surface area contributed by atoms with E-state index in [1.807, 2.05) is 0 Å². The summed E-state index contributed by atoms with van der Waals surface area (Å²) in [6, 6.07) is 3.37. The first-order valence-corrected chi connectivity index (χ1v) is 9.27. The topological polar surface area (TPSA) is 70.6 Å². The van der Waals surface area contributed by atoms with Crippen molar-refractivity contribution in [1.82, 2.24) is 14.2 Å². The van der Waals surface area contributed by atoms with Crippen molar-refractivity contribution in [3.05, 3.63) is 30.1 Å². The minimum Gasteiger partial charge on any atom is -0.336 e. The summed E-state index contributed by atoms with van der Waals surface area (Å²) in [6.45, 7) is 1.70. The highest BCUT2D eigenvalue weighted by Gasteiger charge is 2.36. The van der Waals surface area contributed by atoms with Crippen molar-refractivity contribution in [2.24, 2.45) is 0 Å². The standard InChI is InChI=1S/C15H21N3O3S/c19-15(13-5-7-16-8-6-13)17-9-11-18(12-10-17)22(20,21)14-3-1-2-4-14/h5-8,14H,1-4,9-12H2. The second kappa shape index (κ2) is 6.34. The zero-order chi connectivity index (χ0) is 15.6. The summed E-state index contributed by atoms with van der Waals surface area (Å²) in [7, 11) is -3.19. The van der Waals surface area contributed by atoms with Gasteiger partial charge in [0.1, 0.15) is 0 Å². The quantitative estimate of drug-likeness (QED) is 0.835. The van der Waals surface area contributed by atoms with E-state index in [-0.39, 0.29) is 11.2 Å². The minimum absolute atomic E-state index is 0.0553. The highest BCUT2D eigenvalue weighted by molar-refractivity contribution is 7.89. The van der Waals surface area contributed by atoms with Crippen molar-refractivity contribution in [3.63, 3.8) is 0 Å². The fraction of sp³-hybridized carbons (Fsp3) is 0.600. The molecule has 7 heteroatoms. The monoisotopic (exact) mass is 323 g/mol. The van der Waals surface area contributed by atoms with Crippen LogP contribution in [-0.4, -0.2) is 59.9 Å². The highest BCUT2D eigenvalue weighted by atomic mass is 32.2. The normalized spacial score (nSPS) is 21.2. The van der Waals surface area contributed by atoms with E-state index in [9.17, 15) is 13.2 Å². The molecular weight excluding hydrogens is 302 g/mol. The Hall–Kier alpha value is -1.47. The molecule has 1 aliphatic heterocycles. The van der Waals surface area contributed by atoms with E-state index in [1.165, 1.54) is 0 Å². The Bertz CT molecular complexity index is 619. The summed E-state index contributed by atoms with van der Waals surface area (Å²) in [4.78, 5) is 18.0. The number of rotatable bonds is 3. The molecule has 1 aliphatic carbocycles. The molecular formula is C15H21N3O3S. The fourth-order valence-corrected chi connectivity index (χ4v) is 5.24. The zero-order valence-electron chi connectivity index (χ0n) is 12.5. The number of hydrogen-bond donors (Lipinski definition) is 0. The summed E-state index contributed by atoms with van der Waals surface area (Å²) in [5.74, 6) is -0.0553. The number of sulfonamides is 1. The van der Waals surface area contributed by atoms with E-state index < -0.39 is 10.0 Å². The molecule has 2 aliphatic rings. The summed E-state index contributed by atoms with van der Waals surface area (Å²) < 4.78 is 26.7. The number of hydrogen-bond acceptors (Lipinski definition) is 4. The molecule has 1 amide bonds. The SMILES string of the molecule is O=C(c1ccncc1)N1CCN(S(=O)(=O)C2CCCC2)CC1. The summed E-state index contributed by atoms with van der Waals surface area (Å²) in [5.41, 5.74) is 0.599. The van der Waals surface area contributed by atoms with Crippen LogP contribution in [0.1, 0.15) is 36.0 Å². The second-order valence-electron chi connectivity index (χ2n) is 5.88. The summed E-state index contributed by atoms with van der Waals surface area (Å²) in [5, 5.41) is -0.213. The number of carbonyl (C=O) groups excluding carboxylic acids is 1. The zero-order valence-corrected chi connectivity index (χ0v) is 13.3. The summed E-state index contributed by atoms with van der Waals surface area (Å²) in [6.07, 6.45) is 6.74. The van der Waals surface area contributed by atoms with Gasteiger partial charge in [0, 0.05) is 44.1 Å². The molecule has 0 aromatic carbocycles. The minimum atomic E-state index is -3.19. The van der Waals surface area contributed by atoms with E-state index in [1.54, 1.807) is 33.7 Å². The number of amides is 1. The number of piperazine rings is 1. The third-order valence-corrected chi connectivity index (χ3v) is 6.94. The fourth-order valence-electron chi connectivity index (χ4n) is 3.22. The lowest BCUT2D eigenvalue weighted by atomic mass is 10.2. The van der Waals surface area contributed by atoms with Crippen LogP contribution in [0.4, 0.5) is 0 Å². The van der Waals surface area contributed by atoms with Gasteiger partial charge >= 0.3 is 0 Å². The molecule has 0 atom stereocenters. The van der Waals surface area contributed by atoms with Gasteiger partial charge in [0.05, 0.1) is 5.25 Å². The Morgan fingerprint density at radius 1 is 1.05 bits per heavy atom. The van der Waals surface area contributed by atoms with Crippen LogP contribution in [0.2, 0.25) is 0 Å². The first kappa shape index (κ1) is 15.4. The number of carbonyl (C=O) groups is 1. The van der Waals surface area contributed by atoms with Gasteiger partial charge in [-0.25, -0.2) is 8.42 Å². The molecule has 1 aromatic rings. The van der Waals surface area contributed by atoms with Crippen molar-refractivity contribution in [3.8, 4) is 0 Å². The van der Waals surface area contributed by atoms with Gasteiger partial charge in [0.15, 0.2) is 0 Å². The first-order valence-electron chi connectivity index (χ1n) is 7.77. The van der Waals surface area contributed by atoms with Gasteiger partial charge in [-0.2, -0.15) is 4.31 Å². The third kappa shape index (κ3) is 3.01. The first-order chi connectivity index (χ1) is 10.6. The maximum Gasteiger partial charge on any atom is 0.254 e. The second-order valence-corrected chi connectivity index (χ2v) is 8.09. The highest BCUT2D eigenvalue weighted by Crippen LogP contribution is 2.27. The van der Waals surface area contributed by atoms with Crippen molar-refractivity contribution in [2.45, 2.75) is 30.9 Å². The van der Waals surface area contributed by atoms with Crippen LogP contribution in [0, 0.1) is 0 Å². The largest absolute Gasteiger partial charge is 0.336 e. The van der Waals surface area contributed by atoms with Crippen molar-refractivity contribution in [1.29, 1.82) is 0 Å². The van der Waals surface area contributed by atoms with E-state index >= 15 is 0 Å². The molecule has 1 saturated heterocycles. The predicted octanol–water partition coefficient (Wildman–Crippen LogP) is 1.11. The van der Waals surface area contributed by atoms with Gasteiger partial charge in [-0.15, -0.1) is 0 Å². The lowest BCUT2D eigenvalue weighted by Crippen LogP contribution is -2.52. The average molecular weight is 323 g/mol. The van der Waals surface area contributed by atoms with Gasteiger partial charge in [-0.05, 0) is 25.0 Å². The van der Waals surface area contributed by atoms with Gasteiger partial charge in [-0.3, -0.25) is 9.78 Å². The van der Waals surface area contributed by atoms with Crippen LogP contribution >= 0.6 is 0 Å². The Kier molecular flexibility index (Phi) is 4.44. The Morgan fingerprint density at radius 3 is 2.23 bits per heavy atom. The van der Waals surface area contributed by atoms with E-state index in [2.05, 4.69) is 4.98 Å². The van der Waals surface area contributed by atoms with Crippen LogP contribution in [0.5, 0.6) is 0 Å². The average Bonchev–Trinajstić information content (AvgIpc) is 3.10. The lowest BCUT2D eigenvalue weighted by molar-refractivity contribution is 0.0697. The van der Waals surface area contributed by atoms with Crippen molar-refractivity contribution in [2.75, 3.05) is 26.2 Å². The molecule has 2 heterocycles. The number of nitrogens with zero attached hydrogens (tertiary/aromatic N) is 3. The Labute approximate surface area is 131 Å². The van der Waals surface area contributed by atoms with Crippen LogP contribution in [0.15, 0.2) is 24.5 Å². The van der Waals surface area contributed by atoms with Gasteiger partial charge in [0.25, 0.3) is 5.91 Å². The molecule has 1 saturated carbocycles. The lowest BCUT2D eigenvalue weighted by Gasteiger charge is -2.35. The van der Waals surface area contributed by atoms with E-state index in [0.29, 0.717) is 31.7 Å². The molecule has 3 rings (SSSR count). The molecule has 0 radical (unpaired) electrons. The molecule has 0 unspecified atom stereocenters. The van der Waals surface area contributed by atoms with Crippen LogP contribution in [0.3, 0.4) is 0 Å². The summed E-state index contributed by atoms with van der Waals surface area (Å²) >= 11 is 0. The maximum absolute atomic E-state index is 12.5. The number of aromatic nitrogens is 1. The Morgan fingerprint density at radius 2 is 1.64 bits per heavy atom. The molecule has 0 bridgehead atoms. The predicted molar refractivity (Wildman–Crippen MR) is 82.9 cm³/mol. The maximum atomic E-state index is 12.5. The van der Waals surface area contributed by atoms with Crippen molar-refractivity contribution >= 4 is 15.9 Å². The molecule has 2 fully saturated rings.